The van der Waals surface area contributed by atoms with Gasteiger partial charge in [-0.15, -0.1) is 4.52 Å². The molecule has 4 heteroatoms. The summed E-state index contributed by atoms with van der Waals surface area (Å²) in [6, 6.07) is 0. The van der Waals surface area contributed by atoms with Crippen LogP contribution in [0.3, 0.4) is 0 Å². The van der Waals surface area contributed by atoms with Crippen LogP contribution in [0, 0.1) is 5.92 Å². The van der Waals surface area contributed by atoms with Crippen molar-refractivity contribution in [2.75, 3.05) is 19.4 Å². The van der Waals surface area contributed by atoms with Crippen LogP contribution in [0.15, 0.2) is 0 Å². The van der Waals surface area contributed by atoms with Crippen molar-refractivity contribution in [3.8, 4) is 0 Å². The quantitative estimate of drug-likeness (QED) is 0.491. The van der Waals surface area contributed by atoms with E-state index in [0.717, 1.165) is 19.3 Å². The summed E-state index contributed by atoms with van der Waals surface area (Å²) in [4.78, 5) is 0. The van der Waals surface area contributed by atoms with Crippen LogP contribution in [0.2, 0.25) is 0 Å². The molecule has 0 bridgehead atoms. The normalized spacial score (nSPS) is 12.2. The van der Waals surface area contributed by atoms with Gasteiger partial charge in [-0.05, 0) is 29.7 Å². The summed E-state index contributed by atoms with van der Waals surface area (Å²) in [6.07, 6.45) is 3.24. The summed E-state index contributed by atoms with van der Waals surface area (Å²) in [6.45, 7) is 4.88. The summed E-state index contributed by atoms with van der Waals surface area (Å²) >= 11 is 0. The van der Waals surface area contributed by atoms with Crippen molar-refractivity contribution in [2.45, 2.75) is 33.1 Å². The first-order valence-electron chi connectivity index (χ1n) is 4.85. The topological polar surface area (TPSA) is 46.5 Å². The lowest BCUT2D eigenvalue weighted by Gasteiger charge is -1.96. The van der Waals surface area contributed by atoms with Gasteiger partial charge in [0.25, 0.3) is 0 Å². The third-order valence-corrected chi connectivity index (χ3v) is 2.67. The van der Waals surface area contributed by atoms with E-state index in [-0.39, 0.29) is 6.61 Å². The molecule has 78 valence electrons. The van der Waals surface area contributed by atoms with Crippen molar-refractivity contribution in [2.24, 2.45) is 5.92 Å². The van der Waals surface area contributed by atoms with E-state index in [0.29, 0.717) is 18.7 Å². The first kappa shape index (κ1) is 13.0. The van der Waals surface area contributed by atoms with Gasteiger partial charge in [0, 0.05) is 6.61 Å². The molecule has 0 aromatic carbocycles. The molecule has 1 atom stereocenters. The molecule has 0 amide bonds. The highest BCUT2D eigenvalue weighted by Crippen LogP contribution is 2.24. The molecule has 0 saturated carbocycles. The molecule has 0 aliphatic heterocycles. The minimum Gasteiger partial charge on any atom is -0.396 e. The van der Waals surface area contributed by atoms with Crippen LogP contribution in [-0.2, 0) is 9.09 Å². The van der Waals surface area contributed by atoms with Gasteiger partial charge in [-0.2, -0.15) is 0 Å². The van der Waals surface area contributed by atoms with E-state index in [9.17, 15) is 4.57 Å². The molecule has 0 saturated heterocycles. The summed E-state index contributed by atoms with van der Waals surface area (Å²) < 4.78 is 16.3. The van der Waals surface area contributed by atoms with E-state index in [1.165, 1.54) is 0 Å². The van der Waals surface area contributed by atoms with Gasteiger partial charge in [-0.1, -0.05) is 13.8 Å². The van der Waals surface area contributed by atoms with Crippen LogP contribution >= 0.6 is 8.03 Å². The van der Waals surface area contributed by atoms with Crippen molar-refractivity contribution >= 4 is 8.03 Å². The molecule has 0 aliphatic carbocycles. The SMILES string of the molecule is CC(C)CO[P+](=O)CCCCCO. The average molecular weight is 207 g/mol. The molecule has 0 spiro atoms. The molecule has 1 unspecified atom stereocenters. The monoisotopic (exact) mass is 207 g/mol. The first-order chi connectivity index (χ1) is 6.16. The highest BCUT2D eigenvalue weighted by molar-refractivity contribution is 7.39. The second kappa shape index (κ2) is 8.61. The molecule has 0 fully saturated rings. The second-order valence-electron chi connectivity index (χ2n) is 3.53. The van der Waals surface area contributed by atoms with Gasteiger partial charge in [0.05, 0.1) is 0 Å². The van der Waals surface area contributed by atoms with Gasteiger partial charge in [-0.25, -0.2) is 0 Å². The number of aliphatic hydroxyl groups is 1. The Morgan fingerprint density at radius 1 is 1.31 bits per heavy atom. The third kappa shape index (κ3) is 9.94. The van der Waals surface area contributed by atoms with E-state index >= 15 is 0 Å². The van der Waals surface area contributed by atoms with Gasteiger partial charge in [-0.3, -0.25) is 0 Å². The molecule has 0 rings (SSSR count). The zero-order valence-electron chi connectivity index (χ0n) is 8.53. The largest absolute Gasteiger partial charge is 0.508 e. The molecule has 0 aromatic heterocycles. The molecule has 0 aliphatic rings. The molecule has 3 nitrogen and oxygen atoms in total. The lowest BCUT2D eigenvalue weighted by atomic mass is 10.2. The van der Waals surface area contributed by atoms with E-state index in [4.69, 9.17) is 9.63 Å². The highest BCUT2D eigenvalue weighted by atomic mass is 31.1. The van der Waals surface area contributed by atoms with E-state index in [2.05, 4.69) is 0 Å². The predicted molar refractivity (Wildman–Crippen MR) is 54.2 cm³/mol. The summed E-state index contributed by atoms with van der Waals surface area (Å²) in [5.74, 6) is 0.441. The summed E-state index contributed by atoms with van der Waals surface area (Å²) in [7, 11) is -1.46. The fourth-order valence-corrected chi connectivity index (χ4v) is 1.90. The Morgan fingerprint density at radius 2 is 2.00 bits per heavy atom. The molecular weight excluding hydrogens is 187 g/mol. The lowest BCUT2D eigenvalue weighted by Crippen LogP contribution is -1.97. The van der Waals surface area contributed by atoms with Crippen LogP contribution in [0.25, 0.3) is 0 Å². The van der Waals surface area contributed by atoms with E-state index < -0.39 is 8.03 Å². The lowest BCUT2D eigenvalue weighted by molar-refractivity contribution is 0.277. The Morgan fingerprint density at radius 3 is 2.54 bits per heavy atom. The smallest absolute Gasteiger partial charge is 0.396 e. The second-order valence-corrected chi connectivity index (χ2v) is 4.90. The first-order valence-corrected chi connectivity index (χ1v) is 6.21. The minimum atomic E-state index is -1.46. The van der Waals surface area contributed by atoms with Gasteiger partial charge >= 0.3 is 8.03 Å². The van der Waals surface area contributed by atoms with Crippen molar-refractivity contribution in [3.63, 3.8) is 0 Å². The molecule has 1 N–H and O–H groups in total. The third-order valence-electron chi connectivity index (χ3n) is 1.55. The Labute approximate surface area is 81.4 Å². The maximum absolute atomic E-state index is 11.2. The number of rotatable bonds is 8. The summed E-state index contributed by atoms with van der Waals surface area (Å²) in [5, 5.41) is 8.50. The summed E-state index contributed by atoms with van der Waals surface area (Å²) in [5.41, 5.74) is 0. The standard InChI is InChI=1S/C9H20O3P/c1-9(2)8-12-13(11)7-5-3-4-6-10/h9-10H,3-8H2,1-2H3/q+1. The maximum atomic E-state index is 11.2. The van der Waals surface area contributed by atoms with Crippen LogP contribution < -0.4 is 0 Å². The van der Waals surface area contributed by atoms with Crippen molar-refractivity contribution < 1.29 is 14.2 Å². The van der Waals surface area contributed by atoms with E-state index in [1.807, 2.05) is 13.8 Å². The Bertz CT molecular complexity index is 137. The minimum absolute atomic E-state index is 0.226. The fourth-order valence-electron chi connectivity index (χ4n) is 0.826. The number of unbranched alkanes of at least 4 members (excludes halogenated alkanes) is 2. The highest BCUT2D eigenvalue weighted by Gasteiger charge is 2.16. The number of hydrogen-bond acceptors (Lipinski definition) is 3. The molecule has 0 aromatic rings. The van der Waals surface area contributed by atoms with Gasteiger partial charge < -0.3 is 5.11 Å². The Kier molecular flexibility index (Phi) is 8.62. The Balaban J connectivity index is 3.20. The van der Waals surface area contributed by atoms with Gasteiger partial charge in [0.2, 0.25) is 0 Å². The van der Waals surface area contributed by atoms with Gasteiger partial charge in [0.15, 0.2) is 6.16 Å². The Hall–Kier alpha value is 0.0200. The molecule has 13 heavy (non-hydrogen) atoms. The van der Waals surface area contributed by atoms with Crippen LogP contribution in [0.1, 0.15) is 33.1 Å². The fraction of sp³-hybridized carbons (Fsp3) is 1.00. The van der Waals surface area contributed by atoms with Gasteiger partial charge in [0.1, 0.15) is 6.61 Å². The molecule has 0 heterocycles. The molecule has 0 radical (unpaired) electrons. The van der Waals surface area contributed by atoms with Crippen molar-refractivity contribution in [1.82, 2.24) is 0 Å². The van der Waals surface area contributed by atoms with Crippen molar-refractivity contribution in [3.05, 3.63) is 0 Å². The van der Waals surface area contributed by atoms with Crippen LogP contribution in [-0.4, -0.2) is 24.5 Å². The molecular formula is C9H20O3P+. The predicted octanol–water partition coefficient (Wildman–Crippen LogP) is 2.56. The van der Waals surface area contributed by atoms with Crippen molar-refractivity contribution in [1.29, 1.82) is 0 Å². The zero-order chi connectivity index (χ0) is 10.1. The van der Waals surface area contributed by atoms with E-state index in [1.54, 1.807) is 0 Å². The average Bonchev–Trinajstić information content (AvgIpc) is 2.09. The maximum Gasteiger partial charge on any atom is 0.508 e. The number of aliphatic hydroxyl groups excluding tert-OH is 1. The number of hydrogen-bond donors (Lipinski definition) is 1. The zero-order valence-corrected chi connectivity index (χ0v) is 9.43. The van der Waals surface area contributed by atoms with Crippen LogP contribution in [0.4, 0.5) is 0 Å². The van der Waals surface area contributed by atoms with Crippen LogP contribution in [0.5, 0.6) is 0 Å².